The fourth-order valence-corrected chi connectivity index (χ4v) is 2.08. The van der Waals surface area contributed by atoms with Crippen molar-refractivity contribution < 1.29 is 23.8 Å². The molecule has 0 saturated carbocycles. The molecule has 0 aliphatic rings. The normalized spacial score (nSPS) is 10.1. The zero-order chi connectivity index (χ0) is 19.2. The van der Waals surface area contributed by atoms with Crippen molar-refractivity contribution in [1.82, 2.24) is 5.32 Å². The summed E-state index contributed by atoms with van der Waals surface area (Å²) in [6.45, 7) is 5.89. The molecule has 1 amide bonds. The summed E-state index contributed by atoms with van der Waals surface area (Å²) in [5.74, 6) is -0.0107. The molecule has 8 heteroatoms. The number of anilines is 1. The Hall–Kier alpha value is -2.19. The van der Waals surface area contributed by atoms with Crippen LogP contribution in [0.3, 0.4) is 0 Å². The van der Waals surface area contributed by atoms with Crippen LogP contribution in [-0.2, 0) is 19.1 Å². The van der Waals surface area contributed by atoms with Gasteiger partial charge in [0.05, 0.1) is 19.6 Å². The predicted molar refractivity (Wildman–Crippen MR) is 103 cm³/mol. The number of rotatable bonds is 11. The van der Waals surface area contributed by atoms with Crippen LogP contribution in [0.1, 0.15) is 33.1 Å². The smallest absolute Gasteiger partial charge is 0.306 e. The van der Waals surface area contributed by atoms with Crippen molar-refractivity contribution in [2.24, 2.45) is 0 Å². The Morgan fingerprint density at radius 2 is 1.77 bits per heavy atom. The van der Waals surface area contributed by atoms with Gasteiger partial charge in [-0.15, -0.1) is 0 Å². The highest BCUT2D eigenvalue weighted by atomic mass is 32.1. The lowest BCUT2D eigenvalue weighted by atomic mass is 10.3. The van der Waals surface area contributed by atoms with Gasteiger partial charge in [-0.25, -0.2) is 0 Å². The lowest BCUT2D eigenvalue weighted by molar-refractivity contribution is -0.144. The number of amides is 1. The molecule has 7 nitrogen and oxygen atoms in total. The maximum absolute atomic E-state index is 11.8. The van der Waals surface area contributed by atoms with Crippen molar-refractivity contribution in [3.05, 3.63) is 24.3 Å². The van der Waals surface area contributed by atoms with E-state index in [0.717, 1.165) is 17.9 Å². The van der Waals surface area contributed by atoms with Crippen molar-refractivity contribution in [3.63, 3.8) is 0 Å². The Morgan fingerprint density at radius 1 is 1.04 bits per heavy atom. The molecule has 0 spiro atoms. The van der Waals surface area contributed by atoms with Gasteiger partial charge in [0.2, 0.25) is 5.91 Å². The molecule has 0 atom stereocenters. The summed E-state index contributed by atoms with van der Waals surface area (Å²) in [6, 6.07) is 7.16. The summed E-state index contributed by atoms with van der Waals surface area (Å²) in [5, 5.41) is 5.60. The maximum Gasteiger partial charge on any atom is 0.306 e. The Balaban J connectivity index is 2.29. The second-order valence-corrected chi connectivity index (χ2v) is 5.70. The van der Waals surface area contributed by atoms with E-state index in [1.165, 1.54) is 0 Å². The number of carbonyl (C=O) groups is 2. The summed E-state index contributed by atoms with van der Waals surface area (Å²) in [6.07, 6.45) is 0.807. The number of benzene rings is 1. The quantitative estimate of drug-likeness (QED) is 0.346. The van der Waals surface area contributed by atoms with E-state index in [-0.39, 0.29) is 29.8 Å². The van der Waals surface area contributed by atoms with Gasteiger partial charge in [-0.3, -0.25) is 9.59 Å². The first-order valence-corrected chi connectivity index (χ1v) is 9.03. The number of hydrogen-bond donors (Lipinski definition) is 2. The Labute approximate surface area is 159 Å². The van der Waals surface area contributed by atoms with E-state index in [1.54, 1.807) is 24.3 Å². The van der Waals surface area contributed by atoms with Gasteiger partial charge >= 0.3 is 5.97 Å². The first kappa shape index (κ1) is 21.9. The van der Waals surface area contributed by atoms with Crippen LogP contribution in [0.5, 0.6) is 5.75 Å². The van der Waals surface area contributed by atoms with Crippen molar-refractivity contribution in [3.8, 4) is 5.75 Å². The number of thiocarbonyl (C=S) groups is 1. The summed E-state index contributed by atoms with van der Waals surface area (Å²) in [4.78, 5) is 23.1. The monoisotopic (exact) mass is 382 g/mol. The van der Waals surface area contributed by atoms with E-state index in [2.05, 4.69) is 10.6 Å². The third kappa shape index (κ3) is 9.95. The fraction of sp³-hybridized carbons (Fsp3) is 0.500. The Kier molecular flexibility index (Phi) is 11.0. The molecule has 0 aliphatic carbocycles. The van der Waals surface area contributed by atoms with Crippen molar-refractivity contribution >= 4 is 34.9 Å². The molecule has 0 unspecified atom stereocenters. The molecule has 0 saturated heterocycles. The van der Waals surface area contributed by atoms with Crippen LogP contribution >= 0.6 is 12.2 Å². The first-order chi connectivity index (χ1) is 12.5. The molecule has 0 heterocycles. The zero-order valence-corrected chi connectivity index (χ0v) is 16.0. The van der Waals surface area contributed by atoms with Crippen LogP contribution in [-0.4, -0.2) is 43.4 Å². The van der Waals surface area contributed by atoms with Gasteiger partial charge in [0.15, 0.2) is 5.11 Å². The second kappa shape index (κ2) is 13.1. The van der Waals surface area contributed by atoms with Crippen LogP contribution in [0, 0.1) is 0 Å². The van der Waals surface area contributed by atoms with Crippen molar-refractivity contribution in [1.29, 1.82) is 0 Å². The lowest BCUT2D eigenvalue weighted by Gasteiger charge is -2.11. The predicted octanol–water partition coefficient (Wildman–Crippen LogP) is 2.65. The van der Waals surface area contributed by atoms with Gasteiger partial charge in [-0.2, -0.15) is 0 Å². The summed E-state index contributed by atoms with van der Waals surface area (Å²) in [7, 11) is 0. The van der Waals surface area contributed by atoms with E-state index >= 15 is 0 Å². The summed E-state index contributed by atoms with van der Waals surface area (Å²) in [5.41, 5.74) is 0.717. The first-order valence-electron chi connectivity index (χ1n) is 8.62. The van der Waals surface area contributed by atoms with E-state index in [9.17, 15) is 9.59 Å². The molecule has 1 aromatic rings. The third-order valence-electron chi connectivity index (χ3n) is 3.09. The van der Waals surface area contributed by atoms with Crippen LogP contribution in [0.15, 0.2) is 24.3 Å². The largest absolute Gasteiger partial charge is 0.491 e. The average Bonchev–Trinajstić information content (AvgIpc) is 2.63. The van der Waals surface area contributed by atoms with Gasteiger partial charge < -0.3 is 24.8 Å². The molecule has 26 heavy (non-hydrogen) atoms. The van der Waals surface area contributed by atoms with Crippen LogP contribution < -0.4 is 15.4 Å². The highest BCUT2D eigenvalue weighted by Crippen LogP contribution is 2.15. The summed E-state index contributed by atoms with van der Waals surface area (Å²) >= 11 is 5.09. The minimum absolute atomic E-state index is 0.0248. The van der Waals surface area contributed by atoms with Crippen LogP contribution in [0.25, 0.3) is 0 Å². The molecule has 144 valence electrons. The van der Waals surface area contributed by atoms with Gasteiger partial charge in [-0.05, 0) is 49.8 Å². The Morgan fingerprint density at radius 3 is 2.42 bits per heavy atom. The maximum atomic E-state index is 11.8. The molecule has 2 N–H and O–H groups in total. The minimum Gasteiger partial charge on any atom is -0.491 e. The van der Waals surface area contributed by atoms with E-state index < -0.39 is 0 Å². The van der Waals surface area contributed by atoms with E-state index in [4.69, 9.17) is 26.4 Å². The third-order valence-corrected chi connectivity index (χ3v) is 3.29. The SMILES string of the molecule is CCCOC(=O)CCC(=O)NC(=S)Nc1ccc(OCCOCC)cc1. The molecule has 0 aromatic heterocycles. The van der Waals surface area contributed by atoms with Crippen LogP contribution in [0.2, 0.25) is 0 Å². The number of hydrogen-bond acceptors (Lipinski definition) is 6. The molecule has 0 bridgehead atoms. The number of esters is 1. The standard InChI is InChI=1S/C18H26N2O5S/c1-3-11-25-17(22)10-9-16(21)20-18(26)19-14-5-7-15(8-6-14)24-13-12-23-4-2/h5-8H,3-4,9-13H2,1-2H3,(H2,19,20,21,26). The molecular formula is C18H26N2O5S. The zero-order valence-electron chi connectivity index (χ0n) is 15.2. The highest BCUT2D eigenvalue weighted by molar-refractivity contribution is 7.80. The molecular weight excluding hydrogens is 356 g/mol. The molecule has 0 aliphatic heterocycles. The molecule has 1 rings (SSSR count). The number of ether oxygens (including phenoxy) is 3. The van der Waals surface area contributed by atoms with E-state index in [1.807, 2.05) is 13.8 Å². The lowest BCUT2D eigenvalue weighted by Crippen LogP contribution is -2.34. The molecule has 1 aromatic carbocycles. The van der Waals surface area contributed by atoms with Gasteiger partial charge in [0.1, 0.15) is 12.4 Å². The van der Waals surface area contributed by atoms with Crippen LogP contribution in [0.4, 0.5) is 5.69 Å². The van der Waals surface area contributed by atoms with Crippen molar-refractivity contribution in [2.75, 3.05) is 31.7 Å². The van der Waals surface area contributed by atoms with Gasteiger partial charge in [0.25, 0.3) is 0 Å². The van der Waals surface area contributed by atoms with Gasteiger partial charge in [-0.1, -0.05) is 6.92 Å². The fourth-order valence-electron chi connectivity index (χ4n) is 1.85. The highest BCUT2D eigenvalue weighted by Gasteiger charge is 2.09. The minimum atomic E-state index is -0.388. The average molecular weight is 382 g/mol. The van der Waals surface area contributed by atoms with E-state index in [0.29, 0.717) is 26.4 Å². The second-order valence-electron chi connectivity index (χ2n) is 5.29. The Bertz CT molecular complexity index is 577. The molecule has 0 fully saturated rings. The summed E-state index contributed by atoms with van der Waals surface area (Å²) < 4.78 is 15.6. The van der Waals surface area contributed by atoms with Crippen molar-refractivity contribution in [2.45, 2.75) is 33.1 Å². The van der Waals surface area contributed by atoms with Gasteiger partial charge in [0, 0.05) is 18.7 Å². The number of carbonyl (C=O) groups excluding carboxylic acids is 2. The number of nitrogens with one attached hydrogen (secondary N) is 2. The molecule has 0 radical (unpaired) electrons. The topological polar surface area (TPSA) is 85.9 Å².